The van der Waals surface area contributed by atoms with E-state index in [-0.39, 0.29) is 0 Å². The van der Waals surface area contributed by atoms with E-state index in [4.69, 9.17) is 5.73 Å². The van der Waals surface area contributed by atoms with Gasteiger partial charge in [0.1, 0.15) is 0 Å². The van der Waals surface area contributed by atoms with E-state index in [2.05, 4.69) is 12.2 Å². The molecule has 0 spiro atoms. The van der Waals surface area contributed by atoms with E-state index in [1.807, 2.05) is 0 Å². The average Bonchev–Trinajstić information content (AvgIpc) is 2.47. The van der Waals surface area contributed by atoms with Gasteiger partial charge in [-0.25, -0.2) is 0 Å². The van der Waals surface area contributed by atoms with E-state index >= 15 is 0 Å². The highest BCUT2D eigenvalue weighted by Gasteiger charge is 2.27. The molecule has 0 aromatic rings. The molecule has 0 aromatic carbocycles. The fraction of sp³-hybridized carbons (Fsp3) is 1.00. The lowest BCUT2D eigenvalue weighted by Crippen LogP contribution is -2.30. The summed E-state index contributed by atoms with van der Waals surface area (Å²) < 4.78 is 0. The maximum Gasteiger partial charge on any atom is 0.000517 e. The van der Waals surface area contributed by atoms with Gasteiger partial charge in [-0.1, -0.05) is 19.8 Å². The molecule has 0 radical (unpaired) electrons. The number of nitrogens with one attached hydrogen (secondary N) is 1. The van der Waals surface area contributed by atoms with E-state index in [0.717, 1.165) is 19.5 Å². The molecule has 2 nitrogen and oxygen atoms in total. The van der Waals surface area contributed by atoms with Crippen LogP contribution in [-0.2, 0) is 0 Å². The van der Waals surface area contributed by atoms with Crippen molar-refractivity contribution in [1.82, 2.24) is 5.32 Å². The Balaban J connectivity index is 2.05. The molecule has 0 atom stereocenters. The molecule has 1 aliphatic carbocycles. The van der Waals surface area contributed by atoms with Gasteiger partial charge in [0.05, 0.1) is 0 Å². The van der Waals surface area contributed by atoms with Crippen LogP contribution in [0.2, 0.25) is 0 Å². The summed E-state index contributed by atoms with van der Waals surface area (Å²) in [5.41, 5.74) is 6.01. The van der Waals surface area contributed by atoms with Crippen molar-refractivity contribution in [3.63, 3.8) is 0 Å². The van der Waals surface area contributed by atoms with Gasteiger partial charge in [0.2, 0.25) is 0 Å². The molecule has 0 unspecified atom stereocenters. The van der Waals surface area contributed by atoms with Gasteiger partial charge >= 0.3 is 0 Å². The Morgan fingerprint density at radius 3 is 2.58 bits per heavy atom. The minimum Gasteiger partial charge on any atom is -0.330 e. The molecule has 0 saturated heterocycles. The van der Waals surface area contributed by atoms with E-state index in [1.165, 1.54) is 32.2 Å². The first-order valence-electron chi connectivity index (χ1n) is 5.18. The first kappa shape index (κ1) is 10.0. The van der Waals surface area contributed by atoms with Crippen LogP contribution in [0.3, 0.4) is 0 Å². The molecule has 1 fully saturated rings. The van der Waals surface area contributed by atoms with Crippen molar-refractivity contribution in [2.75, 3.05) is 19.6 Å². The van der Waals surface area contributed by atoms with Crippen LogP contribution in [0.4, 0.5) is 0 Å². The molecular formula is C10H22N2. The molecule has 0 aliphatic heterocycles. The van der Waals surface area contributed by atoms with Crippen LogP contribution < -0.4 is 11.1 Å². The van der Waals surface area contributed by atoms with Gasteiger partial charge < -0.3 is 11.1 Å². The summed E-state index contributed by atoms with van der Waals surface area (Å²) in [6.07, 6.45) is 6.77. The summed E-state index contributed by atoms with van der Waals surface area (Å²) in [6, 6.07) is 0. The lowest BCUT2D eigenvalue weighted by molar-refractivity contribution is 0.315. The van der Waals surface area contributed by atoms with Crippen molar-refractivity contribution < 1.29 is 0 Å². The van der Waals surface area contributed by atoms with E-state index in [1.54, 1.807) is 0 Å². The average molecular weight is 170 g/mol. The monoisotopic (exact) mass is 170 g/mol. The lowest BCUT2D eigenvalue weighted by Gasteiger charge is -2.23. The quantitative estimate of drug-likeness (QED) is 0.614. The zero-order valence-electron chi connectivity index (χ0n) is 8.23. The Hall–Kier alpha value is -0.0800. The highest BCUT2D eigenvalue weighted by molar-refractivity contribution is 4.82. The molecule has 0 heterocycles. The minimum atomic E-state index is 0.592. The van der Waals surface area contributed by atoms with Crippen LogP contribution in [-0.4, -0.2) is 19.6 Å². The highest BCUT2D eigenvalue weighted by atomic mass is 14.9. The first-order valence-corrected chi connectivity index (χ1v) is 5.18. The van der Waals surface area contributed by atoms with Gasteiger partial charge in [0.25, 0.3) is 0 Å². The summed E-state index contributed by atoms with van der Waals surface area (Å²) in [6.45, 7) is 5.48. The molecule has 0 aromatic heterocycles. The summed E-state index contributed by atoms with van der Waals surface area (Å²) in [5.74, 6) is 0. The number of nitrogens with two attached hydrogens (primary N) is 1. The van der Waals surface area contributed by atoms with Gasteiger partial charge in [-0.3, -0.25) is 0 Å². The van der Waals surface area contributed by atoms with Crippen LogP contribution in [0.25, 0.3) is 0 Å². The Morgan fingerprint density at radius 2 is 2.00 bits per heavy atom. The summed E-state index contributed by atoms with van der Waals surface area (Å²) in [5, 5.41) is 3.49. The maximum atomic E-state index is 5.42. The van der Waals surface area contributed by atoms with Crippen LogP contribution in [0.15, 0.2) is 0 Å². The van der Waals surface area contributed by atoms with Crippen molar-refractivity contribution in [3.8, 4) is 0 Å². The fourth-order valence-electron chi connectivity index (χ4n) is 2.02. The second-order valence-corrected chi connectivity index (χ2v) is 4.34. The molecule has 1 saturated carbocycles. The second-order valence-electron chi connectivity index (χ2n) is 4.34. The molecule has 72 valence electrons. The van der Waals surface area contributed by atoms with Gasteiger partial charge in [-0.15, -0.1) is 0 Å². The molecule has 1 rings (SSSR count). The highest BCUT2D eigenvalue weighted by Crippen LogP contribution is 2.36. The third kappa shape index (κ3) is 3.11. The zero-order valence-corrected chi connectivity index (χ0v) is 8.23. The maximum absolute atomic E-state index is 5.42. The Labute approximate surface area is 75.9 Å². The Kier molecular flexibility index (Phi) is 4.02. The standard InChI is InChI=1S/C10H22N2/c1-10(5-2-3-6-10)9-12-8-4-7-11/h12H,2-9,11H2,1H3. The molecule has 1 aliphatic rings. The minimum absolute atomic E-state index is 0.592. The molecule has 3 N–H and O–H groups in total. The van der Waals surface area contributed by atoms with E-state index in [9.17, 15) is 0 Å². The largest absolute Gasteiger partial charge is 0.330 e. The van der Waals surface area contributed by atoms with Crippen molar-refractivity contribution >= 4 is 0 Å². The van der Waals surface area contributed by atoms with Crippen molar-refractivity contribution in [2.24, 2.45) is 11.1 Å². The summed E-state index contributed by atoms with van der Waals surface area (Å²) >= 11 is 0. The van der Waals surface area contributed by atoms with Crippen LogP contribution in [0, 0.1) is 5.41 Å². The van der Waals surface area contributed by atoms with Crippen molar-refractivity contribution in [3.05, 3.63) is 0 Å². The van der Waals surface area contributed by atoms with Crippen LogP contribution in [0.5, 0.6) is 0 Å². The van der Waals surface area contributed by atoms with Gasteiger partial charge in [-0.05, 0) is 37.8 Å². The van der Waals surface area contributed by atoms with Crippen molar-refractivity contribution in [2.45, 2.75) is 39.0 Å². The van der Waals surface area contributed by atoms with Crippen LogP contribution in [0.1, 0.15) is 39.0 Å². The van der Waals surface area contributed by atoms with E-state index < -0.39 is 0 Å². The van der Waals surface area contributed by atoms with Gasteiger partial charge in [0, 0.05) is 6.54 Å². The third-order valence-corrected chi connectivity index (χ3v) is 2.92. The second kappa shape index (κ2) is 4.83. The number of hydrogen-bond donors (Lipinski definition) is 2. The molecule has 2 heteroatoms. The van der Waals surface area contributed by atoms with Crippen LogP contribution >= 0.6 is 0 Å². The normalized spacial score (nSPS) is 21.5. The zero-order chi connectivity index (χ0) is 8.86. The smallest absolute Gasteiger partial charge is 0.000517 e. The molecule has 0 bridgehead atoms. The predicted octanol–water partition coefficient (Wildman–Crippen LogP) is 1.51. The molecule has 12 heavy (non-hydrogen) atoms. The lowest BCUT2D eigenvalue weighted by atomic mass is 9.89. The number of hydrogen-bond acceptors (Lipinski definition) is 2. The molecular weight excluding hydrogens is 148 g/mol. The topological polar surface area (TPSA) is 38.0 Å². The SMILES string of the molecule is CC1(CNCCCN)CCCC1. The fourth-order valence-corrected chi connectivity index (χ4v) is 2.02. The van der Waals surface area contributed by atoms with Gasteiger partial charge in [-0.2, -0.15) is 0 Å². The Bertz CT molecular complexity index is 117. The first-order chi connectivity index (χ1) is 5.77. The predicted molar refractivity (Wildman–Crippen MR) is 53.1 cm³/mol. The van der Waals surface area contributed by atoms with Crippen molar-refractivity contribution in [1.29, 1.82) is 0 Å². The summed E-state index contributed by atoms with van der Waals surface area (Å²) in [7, 11) is 0. The molecule has 0 amide bonds. The van der Waals surface area contributed by atoms with Gasteiger partial charge in [0.15, 0.2) is 0 Å². The van der Waals surface area contributed by atoms with E-state index in [0.29, 0.717) is 5.41 Å². The summed E-state index contributed by atoms with van der Waals surface area (Å²) in [4.78, 5) is 0. The number of rotatable bonds is 5. The third-order valence-electron chi connectivity index (χ3n) is 2.92. The Morgan fingerprint density at radius 1 is 1.33 bits per heavy atom.